The van der Waals surface area contributed by atoms with Crippen molar-refractivity contribution in [1.29, 1.82) is 0 Å². The summed E-state index contributed by atoms with van der Waals surface area (Å²) < 4.78 is 0. The standard InChI is InChI=1S/C6H10BrNO/c1-3-5(2)8-6(9)4-7/h3,5H,1,4H2,2H3,(H,8,9). The van der Waals surface area contributed by atoms with Crippen LogP contribution in [0.15, 0.2) is 12.7 Å². The van der Waals surface area contributed by atoms with Crippen molar-refractivity contribution in [2.75, 3.05) is 5.33 Å². The molecule has 0 radical (unpaired) electrons. The third kappa shape index (κ3) is 4.21. The molecule has 9 heavy (non-hydrogen) atoms. The van der Waals surface area contributed by atoms with Crippen molar-refractivity contribution in [3.63, 3.8) is 0 Å². The molecule has 1 unspecified atom stereocenters. The topological polar surface area (TPSA) is 29.1 Å². The maximum absolute atomic E-state index is 10.6. The minimum atomic E-state index is -0.0117. The molecule has 2 nitrogen and oxygen atoms in total. The Bertz CT molecular complexity index is 114. The van der Waals surface area contributed by atoms with E-state index in [2.05, 4.69) is 27.8 Å². The summed E-state index contributed by atoms with van der Waals surface area (Å²) in [5.41, 5.74) is 0. The summed E-state index contributed by atoms with van der Waals surface area (Å²) in [6.45, 7) is 5.39. The smallest absolute Gasteiger partial charge is 0.231 e. The Kier molecular flexibility index (Phi) is 4.40. The lowest BCUT2D eigenvalue weighted by atomic mass is 10.3. The Morgan fingerprint density at radius 1 is 2.00 bits per heavy atom. The first-order valence-corrected chi connectivity index (χ1v) is 3.80. The van der Waals surface area contributed by atoms with E-state index in [4.69, 9.17) is 0 Å². The second kappa shape index (κ2) is 4.56. The molecule has 0 heterocycles. The second-order valence-corrected chi connectivity index (χ2v) is 2.29. The number of amides is 1. The van der Waals surface area contributed by atoms with Crippen LogP contribution >= 0.6 is 15.9 Å². The van der Waals surface area contributed by atoms with E-state index in [1.54, 1.807) is 6.08 Å². The number of hydrogen-bond acceptors (Lipinski definition) is 1. The maximum atomic E-state index is 10.6. The van der Waals surface area contributed by atoms with E-state index in [0.717, 1.165) is 0 Å². The van der Waals surface area contributed by atoms with Gasteiger partial charge < -0.3 is 5.32 Å². The Labute approximate surface area is 63.5 Å². The Morgan fingerprint density at radius 3 is 2.89 bits per heavy atom. The van der Waals surface area contributed by atoms with Gasteiger partial charge in [0.25, 0.3) is 0 Å². The minimum absolute atomic E-state index is 0.0117. The van der Waals surface area contributed by atoms with E-state index in [0.29, 0.717) is 5.33 Å². The largest absolute Gasteiger partial charge is 0.349 e. The van der Waals surface area contributed by atoms with Gasteiger partial charge in [-0.25, -0.2) is 0 Å². The predicted octanol–water partition coefficient (Wildman–Crippen LogP) is 1.07. The van der Waals surface area contributed by atoms with Crippen LogP contribution in [0.2, 0.25) is 0 Å². The van der Waals surface area contributed by atoms with Crippen LogP contribution in [-0.4, -0.2) is 17.3 Å². The lowest BCUT2D eigenvalue weighted by molar-refractivity contribution is -0.118. The molecular weight excluding hydrogens is 182 g/mol. The summed E-state index contributed by atoms with van der Waals surface area (Å²) in [6.07, 6.45) is 1.68. The lowest BCUT2D eigenvalue weighted by Gasteiger charge is -2.05. The first kappa shape index (κ1) is 8.69. The fourth-order valence-corrected chi connectivity index (χ4v) is 0.513. The third-order valence-corrected chi connectivity index (χ3v) is 1.37. The van der Waals surface area contributed by atoms with Crippen LogP contribution in [-0.2, 0) is 4.79 Å². The maximum Gasteiger partial charge on any atom is 0.231 e. The number of rotatable bonds is 3. The summed E-state index contributed by atoms with van der Waals surface area (Å²) in [6, 6.07) is 0.0649. The molecule has 1 atom stereocenters. The highest BCUT2D eigenvalue weighted by Crippen LogP contribution is 1.84. The summed E-state index contributed by atoms with van der Waals surface area (Å²) in [4.78, 5) is 10.6. The van der Waals surface area contributed by atoms with Gasteiger partial charge in [-0.1, -0.05) is 22.0 Å². The van der Waals surface area contributed by atoms with E-state index >= 15 is 0 Å². The van der Waals surface area contributed by atoms with Gasteiger partial charge in [0, 0.05) is 6.04 Å². The highest BCUT2D eigenvalue weighted by atomic mass is 79.9. The molecular formula is C6H10BrNO. The molecule has 0 aliphatic carbocycles. The minimum Gasteiger partial charge on any atom is -0.349 e. The first-order valence-electron chi connectivity index (χ1n) is 2.68. The molecule has 0 spiro atoms. The van der Waals surface area contributed by atoms with E-state index in [9.17, 15) is 4.79 Å². The van der Waals surface area contributed by atoms with Crippen molar-refractivity contribution in [2.45, 2.75) is 13.0 Å². The molecule has 0 aromatic heterocycles. The van der Waals surface area contributed by atoms with E-state index in [1.807, 2.05) is 6.92 Å². The van der Waals surface area contributed by atoms with Gasteiger partial charge in [0.15, 0.2) is 0 Å². The zero-order chi connectivity index (χ0) is 7.28. The van der Waals surface area contributed by atoms with Crippen LogP contribution in [0.5, 0.6) is 0 Å². The molecule has 1 N–H and O–H groups in total. The number of carbonyl (C=O) groups is 1. The number of halogens is 1. The lowest BCUT2D eigenvalue weighted by Crippen LogP contribution is -2.31. The van der Waals surface area contributed by atoms with Crippen molar-refractivity contribution in [2.24, 2.45) is 0 Å². The average Bonchev–Trinajstić information content (AvgIpc) is 1.87. The molecule has 0 saturated heterocycles. The Balaban J connectivity index is 3.46. The van der Waals surface area contributed by atoms with Crippen molar-refractivity contribution in [1.82, 2.24) is 5.32 Å². The SMILES string of the molecule is C=CC(C)NC(=O)CBr. The quantitative estimate of drug-likeness (QED) is 0.526. The van der Waals surface area contributed by atoms with Gasteiger partial charge in [-0.3, -0.25) is 4.79 Å². The molecule has 0 rings (SSSR count). The Morgan fingerprint density at radius 2 is 2.56 bits per heavy atom. The van der Waals surface area contributed by atoms with E-state index < -0.39 is 0 Å². The monoisotopic (exact) mass is 191 g/mol. The molecule has 0 aromatic carbocycles. The van der Waals surface area contributed by atoms with Crippen molar-refractivity contribution in [3.05, 3.63) is 12.7 Å². The molecule has 0 aliphatic rings. The highest BCUT2D eigenvalue weighted by Gasteiger charge is 1.99. The zero-order valence-corrected chi connectivity index (χ0v) is 6.94. The van der Waals surface area contributed by atoms with E-state index in [1.165, 1.54) is 0 Å². The predicted molar refractivity (Wildman–Crippen MR) is 41.6 cm³/mol. The van der Waals surface area contributed by atoms with Gasteiger partial charge in [0.2, 0.25) is 5.91 Å². The third-order valence-electron chi connectivity index (χ3n) is 0.864. The van der Waals surface area contributed by atoms with Gasteiger partial charge in [-0.15, -0.1) is 6.58 Å². The summed E-state index contributed by atoms with van der Waals surface area (Å²) in [7, 11) is 0. The van der Waals surface area contributed by atoms with Gasteiger partial charge in [-0.2, -0.15) is 0 Å². The van der Waals surface area contributed by atoms with Gasteiger partial charge in [-0.05, 0) is 6.92 Å². The van der Waals surface area contributed by atoms with Crippen LogP contribution in [0.3, 0.4) is 0 Å². The van der Waals surface area contributed by atoms with Crippen molar-refractivity contribution >= 4 is 21.8 Å². The van der Waals surface area contributed by atoms with Crippen LogP contribution in [0.1, 0.15) is 6.92 Å². The summed E-state index contributed by atoms with van der Waals surface area (Å²) in [5, 5.41) is 3.03. The molecule has 0 bridgehead atoms. The van der Waals surface area contributed by atoms with Crippen LogP contribution in [0, 0.1) is 0 Å². The Hall–Kier alpha value is -0.310. The first-order chi connectivity index (χ1) is 4.20. The van der Waals surface area contributed by atoms with Gasteiger partial charge in [0.1, 0.15) is 0 Å². The van der Waals surface area contributed by atoms with E-state index in [-0.39, 0.29) is 11.9 Å². The summed E-state index contributed by atoms with van der Waals surface area (Å²) in [5.74, 6) is -0.0117. The molecule has 0 fully saturated rings. The van der Waals surface area contributed by atoms with Crippen LogP contribution in [0.25, 0.3) is 0 Å². The van der Waals surface area contributed by atoms with Gasteiger partial charge in [0.05, 0.1) is 5.33 Å². The second-order valence-electron chi connectivity index (χ2n) is 1.73. The number of carbonyl (C=O) groups excluding carboxylic acids is 1. The summed E-state index contributed by atoms with van der Waals surface area (Å²) >= 11 is 3.03. The van der Waals surface area contributed by atoms with Crippen molar-refractivity contribution in [3.8, 4) is 0 Å². The normalized spacial score (nSPS) is 12.2. The fourth-order valence-electron chi connectivity index (χ4n) is 0.351. The highest BCUT2D eigenvalue weighted by molar-refractivity contribution is 9.09. The molecule has 0 aliphatic heterocycles. The van der Waals surface area contributed by atoms with Crippen LogP contribution < -0.4 is 5.32 Å². The van der Waals surface area contributed by atoms with Crippen LogP contribution in [0.4, 0.5) is 0 Å². The number of hydrogen-bond donors (Lipinski definition) is 1. The molecule has 0 aromatic rings. The molecule has 1 amide bonds. The zero-order valence-electron chi connectivity index (χ0n) is 5.36. The fraction of sp³-hybridized carbons (Fsp3) is 0.500. The average molecular weight is 192 g/mol. The van der Waals surface area contributed by atoms with Gasteiger partial charge >= 0.3 is 0 Å². The molecule has 3 heteroatoms. The molecule has 52 valence electrons. The molecule has 0 saturated carbocycles. The number of nitrogens with one attached hydrogen (secondary N) is 1. The van der Waals surface area contributed by atoms with Crippen molar-refractivity contribution < 1.29 is 4.79 Å². The number of alkyl halides is 1.